The minimum Gasteiger partial charge on any atom is -0.493 e. The van der Waals surface area contributed by atoms with Gasteiger partial charge in [-0.25, -0.2) is 0 Å². The Kier molecular flexibility index (Phi) is 7.49. The molecule has 0 atom stereocenters. The van der Waals surface area contributed by atoms with Gasteiger partial charge in [-0.1, -0.05) is 44.2 Å². The minimum absolute atomic E-state index is 0.105. The van der Waals surface area contributed by atoms with Crippen LogP contribution in [-0.2, 0) is 17.8 Å². The Labute approximate surface area is 197 Å². The second-order valence-electron chi connectivity index (χ2n) is 10.1. The molecule has 2 heterocycles. The number of carbonyl (C=O) groups is 2. The summed E-state index contributed by atoms with van der Waals surface area (Å²) in [5.41, 5.74) is 3.24. The Morgan fingerprint density at radius 3 is 2.42 bits per heavy atom. The van der Waals surface area contributed by atoms with Gasteiger partial charge >= 0.3 is 0 Å². The lowest BCUT2D eigenvalue weighted by Gasteiger charge is -2.39. The van der Waals surface area contributed by atoms with Gasteiger partial charge in [0.2, 0.25) is 0 Å². The van der Waals surface area contributed by atoms with E-state index in [2.05, 4.69) is 36.9 Å². The molecule has 0 N–H and O–H groups in total. The van der Waals surface area contributed by atoms with Crippen LogP contribution >= 0.6 is 0 Å². The van der Waals surface area contributed by atoms with Crippen molar-refractivity contribution in [3.05, 3.63) is 65.2 Å². The molecular weight excluding hydrogens is 412 g/mol. The van der Waals surface area contributed by atoms with E-state index >= 15 is 0 Å². The average molecular weight is 449 g/mol. The van der Waals surface area contributed by atoms with E-state index in [1.54, 1.807) is 0 Å². The zero-order valence-corrected chi connectivity index (χ0v) is 20.0. The van der Waals surface area contributed by atoms with Crippen LogP contribution in [0.15, 0.2) is 48.5 Å². The lowest BCUT2D eigenvalue weighted by Crippen LogP contribution is -2.44. The third-order valence-corrected chi connectivity index (χ3v) is 7.09. The van der Waals surface area contributed by atoms with Gasteiger partial charge in [0.1, 0.15) is 12.0 Å². The molecule has 2 aromatic carbocycles. The molecule has 2 fully saturated rings. The number of aldehydes is 1. The molecule has 4 rings (SSSR count). The van der Waals surface area contributed by atoms with Gasteiger partial charge in [0.15, 0.2) is 0 Å². The molecule has 5 nitrogen and oxygen atoms in total. The molecule has 0 bridgehead atoms. The predicted molar refractivity (Wildman–Crippen MR) is 130 cm³/mol. The number of para-hydroxylation sites is 1. The number of nitrogens with zero attached hydrogens (tertiary/aromatic N) is 2. The number of likely N-dealkylation sites (tertiary alicyclic amines) is 2. The molecule has 1 spiro atoms. The highest BCUT2D eigenvalue weighted by atomic mass is 16.5. The first kappa shape index (κ1) is 23.5. The number of piperidine rings is 1. The average Bonchev–Trinajstić information content (AvgIpc) is 3.21. The fraction of sp³-hybridized carbons (Fsp3) is 0.500. The molecule has 1 amide bonds. The van der Waals surface area contributed by atoms with Crippen LogP contribution in [0.4, 0.5) is 0 Å². The highest BCUT2D eigenvalue weighted by molar-refractivity contribution is 5.94. The summed E-state index contributed by atoms with van der Waals surface area (Å²) in [6.07, 6.45) is 4.60. The summed E-state index contributed by atoms with van der Waals surface area (Å²) < 4.78 is 6.06. The van der Waals surface area contributed by atoms with Crippen molar-refractivity contribution in [1.82, 2.24) is 9.80 Å². The zero-order chi connectivity index (χ0) is 23.3. The van der Waals surface area contributed by atoms with Gasteiger partial charge < -0.3 is 14.4 Å². The van der Waals surface area contributed by atoms with Crippen molar-refractivity contribution in [2.24, 2.45) is 11.3 Å². The minimum atomic E-state index is 0.105. The molecule has 2 aromatic rings. The maximum atomic E-state index is 13.0. The molecule has 5 heteroatoms. The van der Waals surface area contributed by atoms with E-state index in [4.69, 9.17) is 4.74 Å². The van der Waals surface area contributed by atoms with E-state index in [0.29, 0.717) is 23.3 Å². The molecular formula is C28H36N2O3. The van der Waals surface area contributed by atoms with Crippen LogP contribution in [0.1, 0.15) is 54.6 Å². The normalized spacial score (nSPS) is 18.1. The van der Waals surface area contributed by atoms with Crippen molar-refractivity contribution in [1.29, 1.82) is 0 Å². The van der Waals surface area contributed by atoms with E-state index < -0.39 is 0 Å². The standard InChI is InChI=1S/C28H36N2O3/c1-22(2)20-33-26-6-4-3-5-25(26)19-29-15-12-28(21-29)13-16-30(17-14-28)27(32)24-9-7-23(8-10-24)11-18-31/h3-10,18,22H,11-17,19-21H2,1-2H3. The number of hydrogen-bond donors (Lipinski definition) is 0. The molecule has 0 aromatic heterocycles. The van der Waals surface area contributed by atoms with Gasteiger partial charge in [-0.3, -0.25) is 9.69 Å². The first-order chi connectivity index (χ1) is 16.0. The van der Waals surface area contributed by atoms with Crippen molar-refractivity contribution >= 4 is 12.2 Å². The SMILES string of the molecule is CC(C)COc1ccccc1CN1CCC2(CCN(C(=O)c3ccc(CC=O)cc3)CC2)C1. The number of hydrogen-bond acceptors (Lipinski definition) is 4. The van der Waals surface area contributed by atoms with E-state index in [0.717, 1.165) is 69.8 Å². The summed E-state index contributed by atoms with van der Waals surface area (Å²) in [5.74, 6) is 1.62. The molecule has 2 aliphatic rings. The highest BCUT2D eigenvalue weighted by Crippen LogP contribution is 2.41. The molecule has 0 radical (unpaired) electrons. The Morgan fingerprint density at radius 1 is 1.03 bits per heavy atom. The van der Waals surface area contributed by atoms with Crippen LogP contribution in [0.3, 0.4) is 0 Å². The predicted octanol–water partition coefficient (Wildman–Crippen LogP) is 4.59. The number of benzene rings is 2. The number of amides is 1. The summed E-state index contributed by atoms with van der Waals surface area (Å²) in [7, 11) is 0. The van der Waals surface area contributed by atoms with Crippen molar-refractivity contribution in [3.63, 3.8) is 0 Å². The fourth-order valence-electron chi connectivity index (χ4n) is 5.09. The van der Waals surface area contributed by atoms with Crippen LogP contribution in [0.2, 0.25) is 0 Å². The maximum absolute atomic E-state index is 13.0. The monoisotopic (exact) mass is 448 g/mol. The quantitative estimate of drug-likeness (QED) is 0.554. The van der Waals surface area contributed by atoms with Crippen LogP contribution in [0.5, 0.6) is 5.75 Å². The van der Waals surface area contributed by atoms with Gasteiger partial charge in [-0.05, 0) is 60.9 Å². The van der Waals surface area contributed by atoms with Crippen LogP contribution < -0.4 is 4.74 Å². The topological polar surface area (TPSA) is 49.9 Å². The largest absolute Gasteiger partial charge is 0.493 e. The van der Waals surface area contributed by atoms with Gasteiger partial charge in [-0.2, -0.15) is 0 Å². The Bertz CT molecular complexity index is 946. The number of rotatable bonds is 8. The number of ether oxygens (including phenoxy) is 1. The Balaban J connectivity index is 1.31. The zero-order valence-electron chi connectivity index (χ0n) is 20.0. The summed E-state index contributed by atoms with van der Waals surface area (Å²) in [4.78, 5) is 28.2. The molecule has 2 saturated heterocycles. The fourth-order valence-corrected chi connectivity index (χ4v) is 5.09. The van der Waals surface area contributed by atoms with Crippen LogP contribution in [0, 0.1) is 11.3 Å². The third kappa shape index (κ3) is 5.83. The van der Waals surface area contributed by atoms with E-state index in [9.17, 15) is 9.59 Å². The summed E-state index contributed by atoms with van der Waals surface area (Å²) >= 11 is 0. The smallest absolute Gasteiger partial charge is 0.253 e. The van der Waals surface area contributed by atoms with Crippen LogP contribution in [0.25, 0.3) is 0 Å². The third-order valence-electron chi connectivity index (χ3n) is 7.09. The highest BCUT2D eigenvalue weighted by Gasteiger charge is 2.41. The van der Waals surface area contributed by atoms with Crippen molar-refractivity contribution in [2.45, 2.75) is 46.1 Å². The van der Waals surface area contributed by atoms with E-state index in [1.807, 2.05) is 35.2 Å². The van der Waals surface area contributed by atoms with E-state index in [-0.39, 0.29) is 5.91 Å². The molecule has 33 heavy (non-hydrogen) atoms. The van der Waals surface area contributed by atoms with Crippen molar-refractivity contribution in [2.75, 3.05) is 32.8 Å². The van der Waals surface area contributed by atoms with Crippen LogP contribution in [-0.4, -0.2) is 54.8 Å². The van der Waals surface area contributed by atoms with E-state index in [1.165, 1.54) is 12.0 Å². The lowest BCUT2D eigenvalue weighted by atomic mass is 9.77. The molecule has 0 saturated carbocycles. The Hall–Kier alpha value is -2.66. The van der Waals surface area contributed by atoms with Gasteiger partial charge in [0.05, 0.1) is 6.61 Å². The maximum Gasteiger partial charge on any atom is 0.253 e. The molecule has 2 aliphatic heterocycles. The molecule has 176 valence electrons. The van der Waals surface area contributed by atoms with Crippen molar-refractivity contribution in [3.8, 4) is 5.75 Å². The summed E-state index contributed by atoms with van der Waals surface area (Å²) in [6, 6.07) is 15.9. The second-order valence-corrected chi connectivity index (χ2v) is 10.1. The number of carbonyl (C=O) groups excluding carboxylic acids is 2. The summed E-state index contributed by atoms with van der Waals surface area (Å²) in [5, 5.41) is 0. The first-order valence-electron chi connectivity index (χ1n) is 12.2. The second kappa shape index (κ2) is 10.5. The van der Waals surface area contributed by atoms with Gasteiger partial charge in [0.25, 0.3) is 5.91 Å². The lowest BCUT2D eigenvalue weighted by molar-refractivity contribution is -0.107. The molecule has 0 aliphatic carbocycles. The van der Waals surface area contributed by atoms with Gasteiger partial charge in [-0.15, -0.1) is 0 Å². The first-order valence-corrected chi connectivity index (χ1v) is 12.2. The van der Waals surface area contributed by atoms with Crippen molar-refractivity contribution < 1.29 is 14.3 Å². The molecule has 0 unspecified atom stereocenters. The Morgan fingerprint density at radius 2 is 1.73 bits per heavy atom. The van der Waals surface area contributed by atoms with Gasteiger partial charge in [0, 0.05) is 43.7 Å². The summed E-state index contributed by atoms with van der Waals surface area (Å²) in [6.45, 7) is 9.84.